The number of amides is 1. The Morgan fingerprint density at radius 3 is 2.88 bits per heavy atom. The van der Waals surface area contributed by atoms with E-state index in [0.29, 0.717) is 0 Å². The number of piperazine rings is 1. The molecule has 5 nitrogen and oxygen atoms in total. The number of carbonyl (C=O) groups excluding carboxylic acids is 1. The smallest absolute Gasteiger partial charge is 0.219 e. The van der Waals surface area contributed by atoms with Crippen molar-refractivity contribution in [3.05, 3.63) is 30.0 Å². The summed E-state index contributed by atoms with van der Waals surface area (Å²) < 4.78 is 0. The summed E-state index contributed by atoms with van der Waals surface area (Å²) in [5, 5.41) is 8.32. The quantitative estimate of drug-likeness (QED) is 0.923. The molecule has 2 heterocycles. The number of carbonyl (C=O) groups is 1. The van der Waals surface area contributed by atoms with Crippen LogP contribution in [0.4, 0.5) is 0 Å². The largest absolute Gasteiger partial charge is 0.335 e. The second kappa shape index (κ2) is 6.20. The van der Waals surface area contributed by atoms with Crippen LogP contribution in [0.2, 0.25) is 0 Å². The fourth-order valence-electron chi connectivity index (χ4n) is 4.66. The van der Waals surface area contributed by atoms with Gasteiger partial charge in [0.1, 0.15) is 0 Å². The summed E-state index contributed by atoms with van der Waals surface area (Å²) in [7, 11) is 0. The van der Waals surface area contributed by atoms with E-state index in [0.717, 1.165) is 49.9 Å². The van der Waals surface area contributed by atoms with Crippen LogP contribution in [0.5, 0.6) is 0 Å². The molecule has 2 aliphatic rings. The fourth-order valence-corrected chi connectivity index (χ4v) is 4.66. The summed E-state index contributed by atoms with van der Waals surface area (Å²) in [5.74, 6) is 0.246. The maximum absolute atomic E-state index is 12.2. The normalized spacial score (nSPS) is 21.5. The lowest BCUT2D eigenvalue weighted by Crippen LogP contribution is -2.63. The molecule has 1 saturated carbocycles. The maximum atomic E-state index is 12.2. The molecule has 1 amide bonds. The van der Waals surface area contributed by atoms with E-state index >= 15 is 0 Å². The highest BCUT2D eigenvalue weighted by Crippen LogP contribution is 2.37. The molecule has 4 rings (SSSR count). The zero-order valence-corrected chi connectivity index (χ0v) is 14.4. The molecular formula is C19H26N4O. The highest BCUT2D eigenvalue weighted by molar-refractivity contribution is 5.78. The first-order valence-electron chi connectivity index (χ1n) is 9.09. The average molecular weight is 326 g/mol. The number of aromatic nitrogens is 2. The van der Waals surface area contributed by atoms with Gasteiger partial charge in [0.05, 0.1) is 17.3 Å². The van der Waals surface area contributed by atoms with Crippen molar-refractivity contribution in [3.8, 4) is 0 Å². The molecule has 1 aliphatic carbocycles. The van der Waals surface area contributed by atoms with Crippen LogP contribution in [0.1, 0.15) is 44.6 Å². The third kappa shape index (κ3) is 2.81. The van der Waals surface area contributed by atoms with E-state index in [9.17, 15) is 4.79 Å². The number of hydrogen-bond acceptors (Lipinski definition) is 3. The van der Waals surface area contributed by atoms with Crippen LogP contribution in [0.25, 0.3) is 10.9 Å². The van der Waals surface area contributed by atoms with Gasteiger partial charge in [0.2, 0.25) is 5.91 Å². The molecule has 1 spiro atoms. The molecule has 1 N–H and O–H groups in total. The van der Waals surface area contributed by atoms with Crippen LogP contribution in [-0.2, 0) is 11.3 Å². The Bertz CT molecular complexity index is 732. The van der Waals surface area contributed by atoms with Crippen LogP contribution >= 0.6 is 0 Å². The molecule has 2 aromatic rings. The molecule has 0 unspecified atom stereocenters. The van der Waals surface area contributed by atoms with Gasteiger partial charge in [-0.2, -0.15) is 5.10 Å². The molecule has 2 fully saturated rings. The Morgan fingerprint density at radius 1 is 1.25 bits per heavy atom. The topological polar surface area (TPSA) is 52.2 Å². The number of H-pyrrole nitrogens is 1. The Kier molecular flexibility index (Phi) is 4.04. The van der Waals surface area contributed by atoms with Gasteiger partial charge in [-0.3, -0.25) is 14.8 Å². The summed E-state index contributed by atoms with van der Waals surface area (Å²) in [4.78, 5) is 16.8. The number of rotatable bonds is 2. The van der Waals surface area contributed by atoms with Gasteiger partial charge < -0.3 is 4.90 Å². The first kappa shape index (κ1) is 15.6. The van der Waals surface area contributed by atoms with E-state index in [1.165, 1.54) is 24.8 Å². The monoisotopic (exact) mass is 326 g/mol. The molecule has 128 valence electrons. The van der Waals surface area contributed by atoms with Crippen molar-refractivity contribution < 1.29 is 4.79 Å². The van der Waals surface area contributed by atoms with Crippen molar-refractivity contribution in [2.75, 3.05) is 19.6 Å². The predicted octanol–water partition coefficient (Wildman–Crippen LogP) is 2.93. The summed E-state index contributed by atoms with van der Waals surface area (Å²) in [5.41, 5.74) is 2.48. The van der Waals surface area contributed by atoms with Crippen molar-refractivity contribution in [1.82, 2.24) is 20.0 Å². The fraction of sp³-hybridized carbons (Fsp3) is 0.579. The van der Waals surface area contributed by atoms with Gasteiger partial charge in [-0.05, 0) is 24.5 Å². The first-order valence-corrected chi connectivity index (χ1v) is 9.09. The Balaban J connectivity index is 1.52. The average Bonchev–Trinajstić information content (AvgIpc) is 3.03. The molecule has 1 aromatic heterocycles. The predicted molar refractivity (Wildman–Crippen MR) is 94.6 cm³/mol. The van der Waals surface area contributed by atoms with Crippen LogP contribution in [0.3, 0.4) is 0 Å². The van der Waals surface area contributed by atoms with E-state index < -0.39 is 0 Å². The third-order valence-corrected chi connectivity index (χ3v) is 5.81. The van der Waals surface area contributed by atoms with Crippen molar-refractivity contribution >= 4 is 16.8 Å². The Morgan fingerprint density at radius 2 is 2.08 bits per heavy atom. The van der Waals surface area contributed by atoms with E-state index in [2.05, 4.69) is 38.2 Å². The highest BCUT2D eigenvalue weighted by atomic mass is 16.2. The second-order valence-corrected chi connectivity index (χ2v) is 7.46. The summed E-state index contributed by atoms with van der Waals surface area (Å²) in [6, 6.07) is 6.53. The minimum absolute atomic E-state index is 0.0699. The van der Waals surface area contributed by atoms with Crippen LogP contribution in [0, 0.1) is 0 Å². The van der Waals surface area contributed by atoms with Crippen molar-refractivity contribution in [3.63, 3.8) is 0 Å². The molecule has 1 saturated heterocycles. The van der Waals surface area contributed by atoms with Crippen LogP contribution < -0.4 is 0 Å². The summed E-state index contributed by atoms with van der Waals surface area (Å²) in [6.45, 7) is 5.51. The van der Waals surface area contributed by atoms with Crippen molar-refractivity contribution in [2.24, 2.45) is 0 Å². The molecule has 24 heavy (non-hydrogen) atoms. The lowest BCUT2D eigenvalue weighted by Gasteiger charge is -2.52. The van der Waals surface area contributed by atoms with Crippen molar-refractivity contribution in [2.45, 2.75) is 51.1 Å². The number of fused-ring (bicyclic) bond motifs is 1. The van der Waals surface area contributed by atoms with Gasteiger partial charge in [0.25, 0.3) is 0 Å². The zero-order valence-electron chi connectivity index (χ0n) is 14.4. The molecule has 1 aliphatic heterocycles. The summed E-state index contributed by atoms with van der Waals surface area (Å²) in [6.07, 6.45) is 7.98. The summed E-state index contributed by atoms with van der Waals surface area (Å²) >= 11 is 0. The van der Waals surface area contributed by atoms with Gasteiger partial charge in [-0.1, -0.05) is 31.4 Å². The van der Waals surface area contributed by atoms with Gasteiger partial charge in [-0.25, -0.2) is 0 Å². The van der Waals surface area contributed by atoms with Crippen LogP contribution in [-0.4, -0.2) is 51.1 Å². The molecule has 5 heteroatoms. The van der Waals surface area contributed by atoms with E-state index in [-0.39, 0.29) is 11.4 Å². The third-order valence-electron chi connectivity index (χ3n) is 5.81. The molecule has 0 radical (unpaired) electrons. The van der Waals surface area contributed by atoms with Gasteiger partial charge in [-0.15, -0.1) is 0 Å². The van der Waals surface area contributed by atoms with Gasteiger partial charge in [0, 0.05) is 38.5 Å². The van der Waals surface area contributed by atoms with E-state index in [1.807, 2.05) is 6.20 Å². The Hall–Kier alpha value is -1.88. The van der Waals surface area contributed by atoms with Crippen LogP contribution in [0.15, 0.2) is 24.4 Å². The van der Waals surface area contributed by atoms with Gasteiger partial charge in [0.15, 0.2) is 0 Å². The van der Waals surface area contributed by atoms with E-state index in [4.69, 9.17) is 0 Å². The lowest BCUT2D eigenvalue weighted by atomic mass is 9.78. The van der Waals surface area contributed by atoms with E-state index in [1.54, 1.807) is 6.92 Å². The minimum Gasteiger partial charge on any atom is -0.335 e. The number of aromatic amines is 1. The number of nitrogens with zero attached hydrogens (tertiary/aromatic N) is 3. The number of nitrogens with one attached hydrogen (secondary N) is 1. The minimum atomic E-state index is 0.0699. The van der Waals surface area contributed by atoms with Gasteiger partial charge >= 0.3 is 0 Å². The molecular weight excluding hydrogens is 300 g/mol. The molecule has 0 atom stereocenters. The second-order valence-electron chi connectivity index (χ2n) is 7.46. The SMILES string of the molecule is CC(=O)N1CCN(Cc2ccc3cn[nH]c3c2)CC12CCCCC2. The number of hydrogen-bond donors (Lipinski definition) is 1. The Labute approximate surface area is 143 Å². The first-order chi connectivity index (χ1) is 11.7. The highest BCUT2D eigenvalue weighted by Gasteiger charge is 2.43. The molecule has 0 bridgehead atoms. The lowest BCUT2D eigenvalue weighted by molar-refractivity contribution is -0.142. The number of benzene rings is 1. The molecule has 1 aromatic carbocycles. The zero-order chi connectivity index (χ0) is 16.6. The maximum Gasteiger partial charge on any atom is 0.219 e. The van der Waals surface area contributed by atoms with Crippen molar-refractivity contribution in [1.29, 1.82) is 0 Å². The standard InChI is InChI=1S/C19H26N4O/c1-15(24)23-10-9-22(14-19(23)7-3-2-4-8-19)13-16-5-6-17-12-20-21-18(17)11-16/h5-6,11-12H,2-4,7-10,13-14H2,1H3,(H,20,21).